The monoisotopic (exact) mass is 379 g/mol. The van der Waals surface area contributed by atoms with Crippen molar-refractivity contribution in [1.29, 1.82) is 0 Å². The molecule has 2 N–H and O–H groups in total. The Hall–Kier alpha value is -2.52. The van der Waals surface area contributed by atoms with E-state index >= 15 is 0 Å². The summed E-state index contributed by atoms with van der Waals surface area (Å²) in [5.74, 6) is 0.700. The molecule has 9 heteroatoms. The van der Waals surface area contributed by atoms with Crippen LogP contribution < -0.4 is 19.5 Å². The second-order valence-electron chi connectivity index (χ2n) is 5.82. The topological polar surface area (TPSA) is 98.7 Å². The number of fused-ring (bicyclic) bond motifs is 1. The largest absolute Gasteiger partial charge is 0.490 e. The van der Waals surface area contributed by atoms with Crippen LogP contribution in [0.4, 0.5) is 0 Å². The van der Waals surface area contributed by atoms with Crippen LogP contribution in [0.5, 0.6) is 11.5 Å². The molecule has 1 aromatic heterocycles. The van der Waals surface area contributed by atoms with Gasteiger partial charge < -0.3 is 19.4 Å². The van der Waals surface area contributed by atoms with E-state index in [1.807, 2.05) is 0 Å². The number of aryl methyl sites for hydroxylation is 1. The molecule has 0 saturated carbocycles. The van der Waals surface area contributed by atoms with E-state index in [0.29, 0.717) is 30.4 Å². The molecule has 2 heterocycles. The lowest BCUT2D eigenvalue weighted by molar-refractivity contribution is 0.0946. The van der Waals surface area contributed by atoms with Gasteiger partial charge in [0.25, 0.3) is 5.91 Å². The summed E-state index contributed by atoms with van der Waals surface area (Å²) >= 11 is 0. The zero-order chi connectivity index (χ0) is 18.6. The van der Waals surface area contributed by atoms with Crippen LogP contribution in [0.1, 0.15) is 16.9 Å². The van der Waals surface area contributed by atoms with Crippen LogP contribution >= 0.6 is 0 Å². The van der Waals surface area contributed by atoms with Crippen LogP contribution in [0.2, 0.25) is 0 Å². The van der Waals surface area contributed by atoms with Crippen LogP contribution in [0.3, 0.4) is 0 Å². The second-order valence-corrected chi connectivity index (χ2v) is 7.58. The van der Waals surface area contributed by atoms with Gasteiger partial charge in [-0.1, -0.05) is 0 Å². The van der Waals surface area contributed by atoms with Crippen LogP contribution in [0, 0.1) is 0 Å². The van der Waals surface area contributed by atoms with Gasteiger partial charge >= 0.3 is 0 Å². The highest BCUT2D eigenvalue weighted by atomic mass is 32.2. The van der Waals surface area contributed by atoms with Crippen LogP contribution in [-0.4, -0.2) is 45.2 Å². The zero-order valence-corrected chi connectivity index (χ0v) is 15.2. The fraction of sp³-hybridized carbons (Fsp3) is 0.353. The Labute approximate surface area is 152 Å². The molecule has 0 spiro atoms. The summed E-state index contributed by atoms with van der Waals surface area (Å²) in [6, 6.07) is 7.97. The maximum Gasteiger partial charge on any atom is 0.267 e. The number of rotatable bonds is 6. The molecule has 1 aliphatic heterocycles. The summed E-state index contributed by atoms with van der Waals surface area (Å²) in [5.41, 5.74) is 0.510. The van der Waals surface area contributed by atoms with Crippen LogP contribution in [-0.2, 0) is 17.1 Å². The maximum atomic E-state index is 12.4. The lowest BCUT2D eigenvalue weighted by Crippen LogP contribution is -2.35. The fourth-order valence-electron chi connectivity index (χ4n) is 2.54. The van der Waals surface area contributed by atoms with Crippen molar-refractivity contribution in [3.8, 4) is 11.5 Å². The van der Waals surface area contributed by atoms with Gasteiger partial charge in [0.1, 0.15) is 5.69 Å². The van der Waals surface area contributed by atoms with Crippen LogP contribution in [0.15, 0.2) is 41.4 Å². The van der Waals surface area contributed by atoms with Gasteiger partial charge in [-0.15, -0.1) is 0 Å². The van der Waals surface area contributed by atoms with Gasteiger partial charge in [-0.2, -0.15) is 0 Å². The molecular weight excluding hydrogens is 358 g/mol. The Bertz CT molecular complexity index is 892. The van der Waals surface area contributed by atoms with Gasteiger partial charge in [0.05, 0.1) is 18.1 Å². The number of hydrogen-bond donors (Lipinski definition) is 2. The number of aromatic nitrogens is 1. The molecule has 0 unspecified atom stereocenters. The quantitative estimate of drug-likeness (QED) is 0.727. The molecule has 0 bridgehead atoms. The van der Waals surface area contributed by atoms with E-state index < -0.39 is 10.0 Å². The molecule has 3 rings (SSSR count). The van der Waals surface area contributed by atoms with Crippen molar-refractivity contribution in [2.75, 3.05) is 26.3 Å². The SMILES string of the molecule is Cn1cccc1C(=O)NCCNS(=O)(=O)c1ccc2c(c1)OCCCO2. The lowest BCUT2D eigenvalue weighted by Gasteiger charge is -2.11. The average Bonchev–Trinajstić information content (AvgIpc) is 2.91. The zero-order valence-electron chi connectivity index (χ0n) is 14.4. The number of nitrogens with one attached hydrogen (secondary N) is 2. The summed E-state index contributed by atoms with van der Waals surface area (Å²) in [6.45, 7) is 1.27. The average molecular weight is 379 g/mol. The van der Waals surface area contributed by atoms with Crippen LogP contribution in [0.25, 0.3) is 0 Å². The predicted octanol–water partition coefficient (Wildman–Crippen LogP) is 0.895. The summed E-state index contributed by atoms with van der Waals surface area (Å²) < 4.78 is 40.0. The molecule has 140 valence electrons. The Morgan fingerprint density at radius 2 is 1.92 bits per heavy atom. The summed E-state index contributed by atoms with van der Waals surface area (Å²) in [4.78, 5) is 12.1. The molecular formula is C17H21N3O5S. The second kappa shape index (κ2) is 7.79. The third kappa shape index (κ3) is 4.17. The predicted molar refractivity (Wildman–Crippen MR) is 95.0 cm³/mol. The fourth-order valence-corrected chi connectivity index (χ4v) is 3.59. The third-order valence-corrected chi connectivity index (χ3v) is 5.37. The summed E-state index contributed by atoms with van der Waals surface area (Å²) in [6.07, 6.45) is 2.51. The number of hydrogen-bond acceptors (Lipinski definition) is 5. The first-order chi connectivity index (χ1) is 12.5. The van der Waals surface area contributed by atoms with Crippen molar-refractivity contribution in [2.45, 2.75) is 11.3 Å². The number of nitrogens with zero attached hydrogens (tertiary/aromatic N) is 1. The molecule has 8 nitrogen and oxygen atoms in total. The highest BCUT2D eigenvalue weighted by molar-refractivity contribution is 7.89. The van der Waals surface area contributed by atoms with E-state index in [2.05, 4.69) is 10.0 Å². The first-order valence-corrected chi connectivity index (χ1v) is 9.74. The normalized spacial score (nSPS) is 13.9. The van der Waals surface area contributed by atoms with Crippen molar-refractivity contribution in [3.63, 3.8) is 0 Å². The summed E-state index contributed by atoms with van der Waals surface area (Å²) in [5, 5.41) is 2.68. The Morgan fingerprint density at radius 3 is 2.65 bits per heavy atom. The first-order valence-electron chi connectivity index (χ1n) is 8.26. The van der Waals surface area contributed by atoms with Gasteiger partial charge in [-0.3, -0.25) is 4.79 Å². The molecule has 2 aromatic rings. The molecule has 0 radical (unpaired) electrons. The molecule has 0 aliphatic carbocycles. The van der Waals surface area contributed by atoms with Crippen molar-refractivity contribution < 1.29 is 22.7 Å². The molecule has 26 heavy (non-hydrogen) atoms. The van der Waals surface area contributed by atoms with Crippen molar-refractivity contribution in [2.24, 2.45) is 7.05 Å². The number of sulfonamides is 1. The number of benzene rings is 1. The van der Waals surface area contributed by atoms with E-state index in [9.17, 15) is 13.2 Å². The van der Waals surface area contributed by atoms with E-state index in [1.165, 1.54) is 12.1 Å². The molecule has 1 amide bonds. The van der Waals surface area contributed by atoms with Gasteiger partial charge in [-0.25, -0.2) is 13.1 Å². The van der Waals surface area contributed by atoms with E-state index in [4.69, 9.17) is 9.47 Å². The first kappa shape index (κ1) is 18.3. The third-order valence-electron chi connectivity index (χ3n) is 3.91. The molecule has 0 atom stereocenters. The Kier molecular flexibility index (Phi) is 5.48. The van der Waals surface area contributed by atoms with Gasteiger partial charge in [0.2, 0.25) is 10.0 Å². The number of amides is 1. The Balaban J connectivity index is 1.56. The molecule has 0 saturated heterocycles. The number of ether oxygens (including phenoxy) is 2. The minimum absolute atomic E-state index is 0.0763. The van der Waals surface area contributed by atoms with Crippen molar-refractivity contribution >= 4 is 15.9 Å². The highest BCUT2D eigenvalue weighted by Crippen LogP contribution is 2.31. The lowest BCUT2D eigenvalue weighted by atomic mass is 10.3. The van der Waals surface area contributed by atoms with Gasteiger partial charge in [0.15, 0.2) is 11.5 Å². The van der Waals surface area contributed by atoms with Crippen molar-refractivity contribution in [1.82, 2.24) is 14.6 Å². The van der Waals surface area contributed by atoms with E-state index in [0.717, 1.165) is 6.42 Å². The molecule has 1 aromatic carbocycles. The standard InChI is InChI=1S/C17H21N3O5S/c1-20-9-2-4-14(20)17(21)18-7-8-19-26(22,23)13-5-6-15-16(12-13)25-11-3-10-24-15/h2,4-6,9,12,19H,3,7-8,10-11H2,1H3,(H,18,21). The molecule has 1 aliphatic rings. The minimum atomic E-state index is -3.71. The van der Waals surface area contributed by atoms with Crippen molar-refractivity contribution in [3.05, 3.63) is 42.2 Å². The molecule has 0 fully saturated rings. The number of carbonyl (C=O) groups excluding carboxylic acids is 1. The maximum absolute atomic E-state index is 12.4. The minimum Gasteiger partial charge on any atom is -0.490 e. The van der Waals surface area contributed by atoms with Gasteiger partial charge in [0, 0.05) is 38.8 Å². The van der Waals surface area contributed by atoms with Gasteiger partial charge in [-0.05, 0) is 24.3 Å². The van der Waals surface area contributed by atoms with E-state index in [1.54, 1.807) is 36.0 Å². The van der Waals surface area contributed by atoms with E-state index in [-0.39, 0.29) is 23.9 Å². The number of carbonyl (C=O) groups is 1. The summed E-state index contributed by atoms with van der Waals surface area (Å²) in [7, 11) is -1.94. The highest BCUT2D eigenvalue weighted by Gasteiger charge is 2.18. The smallest absolute Gasteiger partial charge is 0.267 e. The Morgan fingerprint density at radius 1 is 1.15 bits per heavy atom.